The summed E-state index contributed by atoms with van der Waals surface area (Å²) in [6.45, 7) is 0. The topological polar surface area (TPSA) is 69.6 Å². The van der Waals surface area contributed by atoms with Crippen LogP contribution in [0, 0.1) is 0 Å². The third-order valence-corrected chi connectivity index (χ3v) is 5.04. The van der Waals surface area contributed by atoms with Crippen LogP contribution < -0.4 is 5.73 Å². The Hall–Kier alpha value is -1.30. The van der Waals surface area contributed by atoms with E-state index >= 15 is 0 Å². The summed E-state index contributed by atoms with van der Waals surface area (Å²) in [6.07, 6.45) is 8.50. The Balaban J connectivity index is 1.75. The van der Waals surface area contributed by atoms with Crippen molar-refractivity contribution in [3.8, 4) is 0 Å². The highest BCUT2D eigenvalue weighted by Gasteiger charge is 2.15. The second-order valence-electron chi connectivity index (χ2n) is 5.10. The van der Waals surface area contributed by atoms with E-state index in [1.54, 1.807) is 10.9 Å². The van der Waals surface area contributed by atoms with Crippen LogP contribution in [0.25, 0.3) is 11.0 Å². The largest absolute Gasteiger partial charge is 0.383 e. The fraction of sp³-hybridized carbons (Fsp3) is 0.615. The minimum atomic E-state index is 0.539. The number of anilines is 1. The molecule has 19 heavy (non-hydrogen) atoms. The summed E-state index contributed by atoms with van der Waals surface area (Å²) >= 11 is 1.97. The van der Waals surface area contributed by atoms with Crippen molar-refractivity contribution in [1.29, 1.82) is 0 Å². The molecule has 0 atom stereocenters. The highest BCUT2D eigenvalue weighted by atomic mass is 32.2. The van der Waals surface area contributed by atoms with Crippen LogP contribution in [0.2, 0.25) is 0 Å². The Bertz CT molecular complexity index is 574. The lowest BCUT2D eigenvalue weighted by Gasteiger charge is -2.20. The summed E-state index contributed by atoms with van der Waals surface area (Å²) < 4.78 is 1.75. The summed E-state index contributed by atoms with van der Waals surface area (Å²) in [6, 6.07) is 0. The van der Waals surface area contributed by atoms with Gasteiger partial charge in [-0.1, -0.05) is 19.3 Å². The van der Waals surface area contributed by atoms with Gasteiger partial charge in [-0.15, -0.1) is 0 Å². The molecule has 0 bridgehead atoms. The highest BCUT2D eigenvalue weighted by molar-refractivity contribution is 7.99. The predicted molar refractivity (Wildman–Crippen MR) is 78.9 cm³/mol. The van der Waals surface area contributed by atoms with E-state index in [0.29, 0.717) is 5.82 Å². The Labute approximate surface area is 117 Å². The number of hydrogen-bond donors (Lipinski definition) is 1. The van der Waals surface area contributed by atoms with Crippen LogP contribution >= 0.6 is 11.8 Å². The van der Waals surface area contributed by atoms with Gasteiger partial charge in [0.1, 0.15) is 11.6 Å². The molecule has 1 aliphatic rings. The lowest BCUT2D eigenvalue weighted by molar-refractivity contribution is 0.516. The molecule has 1 saturated carbocycles. The fourth-order valence-electron chi connectivity index (χ4n) is 2.58. The Kier molecular flexibility index (Phi) is 3.59. The zero-order valence-electron chi connectivity index (χ0n) is 11.2. The normalized spacial score (nSPS) is 17.1. The summed E-state index contributed by atoms with van der Waals surface area (Å²) in [4.78, 5) is 8.96. The van der Waals surface area contributed by atoms with Crippen molar-refractivity contribution in [2.24, 2.45) is 7.05 Å². The van der Waals surface area contributed by atoms with E-state index in [4.69, 9.17) is 5.73 Å². The summed E-state index contributed by atoms with van der Waals surface area (Å²) in [5.41, 5.74) is 6.79. The van der Waals surface area contributed by atoms with E-state index in [1.165, 1.54) is 32.1 Å². The van der Waals surface area contributed by atoms with Crippen LogP contribution in [-0.4, -0.2) is 25.0 Å². The average Bonchev–Trinajstić information content (AvgIpc) is 2.80. The molecule has 2 N–H and O–H groups in total. The van der Waals surface area contributed by atoms with Crippen LogP contribution in [0.1, 0.15) is 37.9 Å². The van der Waals surface area contributed by atoms with Crippen LogP contribution in [0.5, 0.6) is 0 Å². The van der Waals surface area contributed by atoms with Crippen molar-refractivity contribution < 1.29 is 0 Å². The monoisotopic (exact) mass is 277 g/mol. The minimum absolute atomic E-state index is 0.539. The van der Waals surface area contributed by atoms with E-state index in [-0.39, 0.29) is 0 Å². The number of thioether (sulfide) groups is 1. The number of hydrogen-bond acceptors (Lipinski definition) is 5. The molecule has 102 valence electrons. The molecule has 0 unspecified atom stereocenters. The molecule has 0 aromatic carbocycles. The highest BCUT2D eigenvalue weighted by Crippen LogP contribution is 2.30. The molecular weight excluding hydrogens is 258 g/mol. The molecule has 2 aromatic heterocycles. The van der Waals surface area contributed by atoms with Gasteiger partial charge >= 0.3 is 0 Å². The first kappa shape index (κ1) is 12.7. The number of fused-ring (bicyclic) bond motifs is 1. The van der Waals surface area contributed by atoms with Crippen LogP contribution in [0.3, 0.4) is 0 Å². The molecule has 3 rings (SSSR count). The van der Waals surface area contributed by atoms with Gasteiger partial charge in [0, 0.05) is 12.3 Å². The van der Waals surface area contributed by atoms with E-state index in [1.807, 2.05) is 18.8 Å². The van der Waals surface area contributed by atoms with E-state index < -0.39 is 0 Å². The SMILES string of the molecule is Cn1ncc2c(N)nc(CSC3CCCCC3)nc21. The van der Waals surface area contributed by atoms with Crippen LogP contribution in [-0.2, 0) is 12.8 Å². The molecule has 0 spiro atoms. The third kappa shape index (κ3) is 2.68. The Morgan fingerprint density at radius 3 is 2.89 bits per heavy atom. The standard InChI is InChI=1S/C13H19N5S/c1-18-13-10(7-15-18)12(14)16-11(17-13)8-19-9-5-3-2-4-6-9/h7,9H,2-6,8H2,1H3,(H2,14,16,17). The van der Waals surface area contributed by atoms with Crippen molar-refractivity contribution >= 4 is 28.6 Å². The van der Waals surface area contributed by atoms with Gasteiger partial charge in [0.05, 0.1) is 17.3 Å². The first-order valence-corrected chi connectivity index (χ1v) is 7.84. The summed E-state index contributed by atoms with van der Waals surface area (Å²) in [7, 11) is 1.88. The maximum atomic E-state index is 5.97. The summed E-state index contributed by atoms with van der Waals surface area (Å²) in [5.74, 6) is 2.21. The van der Waals surface area contributed by atoms with Gasteiger partial charge in [0.2, 0.25) is 0 Å². The lowest BCUT2D eigenvalue weighted by atomic mass is 10.0. The zero-order chi connectivity index (χ0) is 13.2. The first-order valence-electron chi connectivity index (χ1n) is 6.80. The Morgan fingerprint density at radius 1 is 1.32 bits per heavy atom. The van der Waals surface area contributed by atoms with E-state index in [9.17, 15) is 0 Å². The molecule has 1 aliphatic carbocycles. The van der Waals surface area contributed by atoms with Gasteiger partial charge in [0.25, 0.3) is 0 Å². The van der Waals surface area contributed by atoms with Crippen molar-refractivity contribution in [1.82, 2.24) is 19.7 Å². The number of nitrogen functional groups attached to an aromatic ring is 1. The number of rotatable bonds is 3. The molecule has 0 amide bonds. The Morgan fingerprint density at radius 2 is 2.11 bits per heavy atom. The maximum Gasteiger partial charge on any atom is 0.163 e. The molecule has 0 saturated heterocycles. The van der Waals surface area contributed by atoms with Gasteiger partial charge in [-0.25, -0.2) is 9.97 Å². The van der Waals surface area contributed by atoms with E-state index in [0.717, 1.165) is 27.9 Å². The first-order chi connectivity index (χ1) is 9.24. The number of aromatic nitrogens is 4. The zero-order valence-corrected chi connectivity index (χ0v) is 12.0. The molecule has 2 heterocycles. The van der Waals surface area contributed by atoms with Gasteiger partial charge in [0.15, 0.2) is 5.65 Å². The van der Waals surface area contributed by atoms with Crippen molar-refractivity contribution in [3.05, 3.63) is 12.0 Å². The molecule has 1 fully saturated rings. The van der Waals surface area contributed by atoms with Gasteiger partial charge in [-0.05, 0) is 12.8 Å². The fourth-order valence-corrected chi connectivity index (χ4v) is 3.76. The number of nitrogens with two attached hydrogens (primary N) is 1. The van der Waals surface area contributed by atoms with Gasteiger partial charge in [-0.3, -0.25) is 4.68 Å². The van der Waals surface area contributed by atoms with E-state index in [2.05, 4.69) is 15.1 Å². The smallest absolute Gasteiger partial charge is 0.163 e. The second-order valence-corrected chi connectivity index (χ2v) is 6.39. The van der Waals surface area contributed by atoms with Crippen molar-refractivity contribution in [2.45, 2.75) is 43.1 Å². The summed E-state index contributed by atoms with van der Waals surface area (Å²) in [5, 5.41) is 5.78. The lowest BCUT2D eigenvalue weighted by Crippen LogP contribution is -2.09. The van der Waals surface area contributed by atoms with Crippen LogP contribution in [0.15, 0.2) is 6.20 Å². The number of aryl methyl sites for hydroxylation is 1. The quantitative estimate of drug-likeness (QED) is 0.933. The molecule has 2 aromatic rings. The van der Waals surface area contributed by atoms with Crippen LogP contribution in [0.4, 0.5) is 5.82 Å². The average molecular weight is 277 g/mol. The molecule has 0 radical (unpaired) electrons. The second kappa shape index (κ2) is 5.36. The maximum absolute atomic E-state index is 5.97. The van der Waals surface area contributed by atoms with Gasteiger partial charge < -0.3 is 5.73 Å². The predicted octanol–water partition coefficient (Wildman–Crippen LogP) is 2.51. The van der Waals surface area contributed by atoms with Crippen molar-refractivity contribution in [2.75, 3.05) is 5.73 Å². The molecular formula is C13H19N5S. The van der Waals surface area contributed by atoms with Gasteiger partial charge in [-0.2, -0.15) is 16.9 Å². The molecule has 5 nitrogen and oxygen atoms in total. The third-order valence-electron chi connectivity index (χ3n) is 3.67. The minimum Gasteiger partial charge on any atom is -0.383 e. The number of nitrogens with zero attached hydrogens (tertiary/aromatic N) is 4. The molecule has 0 aliphatic heterocycles. The molecule has 6 heteroatoms. The van der Waals surface area contributed by atoms with Crippen molar-refractivity contribution in [3.63, 3.8) is 0 Å².